The van der Waals surface area contributed by atoms with Crippen molar-refractivity contribution in [3.8, 4) is 17.2 Å². The molecule has 2 heterocycles. The van der Waals surface area contributed by atoms with Gasteiger partial charge in [-0.15, -0.1) is 0 Å². The highest BCUT2D eigenvalue weighted by Gasteiger charge is 2.33. The second-order valence-electron chi connectivity index (χ2n) is 5.35. The van der Waals surface area contributed by atoms with Gasteiger partial charge in [0.25, 0.3) is 0 Å². The molecule has 2 aromatic heterocycles. The van der Waals surface area contributed by atoms with Crippen LogP contribution in [0.1, 0.15) is 11.5 Å². The smallest absolute Gasteiger partial charge is 0.383 e. The fourth-order valence-corrected chi connectivity index (χ4v) is 3.78. The van der Waals surface area contributed by atoms with Crippen molar-refractivity contribution in [2.75, 3.05) is 12.0 Å². The number of halogens is 5. The van der Waals surface area contributed by atoms with E-state index in [-0.39, 0.29) is 43.9 Å². The van der Waals surface area contributed by atoms with E-state index >= 15 is 0 Å². The van der Waals surface area contributed by atoms with Crippen molar-refractivity contribution >= 4 is 39.8 Å². The molecule has 1 unspecified atom stereocenters. The monoisotopic (exact) mass is 439 g/mol. The average Bonchev–Trinajstić information content (AvgIpc) is 3.10. The second kappa shape index (κ2) is 6.80. The Bertz CT molecular complexity index is 1040. The van der Waals surface area contributed by atoms with Crippen molar-refractivity contribution in [1.82, 2.24) is 19.9 Å². The number of anilines is 1. The van der Waals surface area contributed by atoms with Gasteiger partial charge in [0.15, 0.2) is 5.69 Å². The standard InChI is InChI=1S/C14H10Cl2F3N5O2S/c1-5-21-13(23-26-5)9-11(27(2)25)12(20)24(22-9)10-7(15)3-6(4-8(10)16)14(17,18)19/h3-4H,20H2,1-2H3. The molecule has 0 saturated carbocycles. The number of benzene rings is 1. The van der Waals surface area contributed by atoms with Crippen LogP contribution < -0.4 is 5.73 Å². The van der Waals surface area contributed by atoms with Crippen molar-refractivity contribution < 1.29 is 21.9 Å². The Morgan fingerprint density at radius 3 is 2.30 bits per heavy atom. The number of alkyl halides is 3. The van der Waals surface area contributed by atoms with Crippen molar-refractivity contribution in [2.24, 2.45) is 0 Å². The van der Waals surface area contributed by atoms with Crippen LogP contribution in [-0.4, -0.2) is 30.4 Å². The van der Waals surface area contributed by atoms with E-state index in [0.717, 1.165) is 4.68 Å². The van der Waals surface area contributed by atoms with E-state index in [1.165, 1.54) is 6.26 Å². The summed E-state index contributed by atoms with van der Waals surface area (Å²) in [5.74, 6) is 0.121. The average molecular weight is 440 g/mol. The molecule has 0 fully saturated rings. The molecule has 3 rings (SSSR count). The zero-order valence-electron chi connectivity index (χ0n) is 13.6. The quantitative estimate of drug-likeness (QED) is 0.664. The summed E-state index contributed by atoms with van der Waals surface area (Å²) in [6, 6.07) is 1.40. The van der Waals surface area contributed by atoms with E-state index in [9.17, 15) is 17.4 Å². The molecule has 1 atom stereocenters. The maximum atomic E-state index is 12.9. The van der Waals surface area contributed by atoms with E-state index in [0.29, 0.717) is 12.1 Å². The minimum Gasteiger partial charge on any atom is -0.383 e. The van der Waals surface area contributed by atoms with Crippen molar-refractivity contribution in [3.63, 3.8) is 0 Å². The molecule has 27 heavy (non-hydrogen) atoms. The summed E-state index contributed by atoms with van der Waals surface area (Å²) in [7, 11) is -1.62. The lowest BCUT2D eigenvalue weighted by Crippen LogP contribution is -2.09. The number of nitrogen functional groups attached to an aromatic ring is 1. The Hall–Kier alpha value is -2.11. The lowest BCUT2D eigenvalue weighted by atomic mass is 10.2. The number of rotatable bonds is 3. The summed E-state index contributed by atoms with van der Waals surface area (Å²) >= 11 is 12.0. The number of aromatic nitrogens is 4. The molecule has 144 valence electrons. The molecule has 0 aliphatic heterocycles. The third-order valence-electron chi connectivity index (χ3n) is 3.46. The predicted octanol–water partition coefficient (Wildman–Crippen LogP) is 3.88. The first-order valence-corrected chi connectivity index (χ1v) is 9.41. The van der Waals surface area contributed by atoms with Gasteiger partial charge in [0.05, 0.1) is 26.4 Å². The second-order valence-corrected chi connectivity index (χ2v) is 7.48. The highest BCUT2D eigenvalue weighted by Crippen LogP contribution is 2.39. The Labute approximate surface area is 162 Å². The van der Waals surface area contributed by atoms with Gasteiger partial charge in [0.1, 0.15) is 16.4 Å². The number of hydrogen-bond donors (Lipinski definition) is 1. The largest absolute Gasteiger partial charge is 0.416 e. The molecule has 13 heteroatoms. The maximum Gasteiger partial charge on any atom is 0.416 e. The van der Waals surface area contributed by atoms with Crippen LogP contribution >= 0.6 is 23.2 Å². The highest BCUT2D eigenvalue weighted by molar-refractivity contribution is 7.84. The van der Waals surface area contributed by atoms with Crippen molar-refractivity contribution in [3.05, 3.63) is 33.6 Å². The molecule has 0 radical (unpaired) electrons. The van der Waals surface area contributed by atoms with E-state index in [1.54, 1.807) is 6.92 Å². The first-order valence-electron chi connectivity index (χ1n) is 7.10. The summed E-state index contributed by atoms with van der Waals surface area (Å²) in [5.41, 5.74) is 4.94. The molecule has 0 aliphatic rings. The highest BCUT2D eigenvalue weighted by atomic mass is 35.5. The van der Waals surface area contributed by atoms with Crippen molar-refractivity contribution in [2.45, 2.75) is 18.0 Å². The molecule has 0 aliphatic carbocycles. The molecule has 0 amide bonds. The lowest BCUT2D eigenvalue weighted by Gasteiger charge is -2.13. The maximum absolute atomic E-state index is 12.9. The minimum atomic E-state index is -4.63. The van der Waals surface area contributed by atoms with Crippen LogP contribution in [0, 0.1) is 6.92 Å². The molecule has 1 aromatic carbocycles. The molecule has 7 nitrogen and oxygen atoms in total. The van der Waals surface area contributed by atoms with E-state index in [2.05, 4.69) is 15.2 Å². The topological polar surface area (TPSA) is 99.8 Å². The summed E-state index contributed by atoms with van der Waals surface area (Å²) < 4.78 is 56.8. The summed E-state index contributed by atoms with van der Waals surface area (Å²) in [6.07, 6.45) is -3.28. The van der Waals surface area contributed by atoms with Gasteiger partial charge in [-0.1, -0.05) is 28.4 Å². The van der Waals surface area contributed by atoms with Gasteiger partial charge in [-0.25, -0.2) is 4.68 Å². The molecule has 0 spiro atoms. The van der Waals surface area contributed by atoms with E-state index < -0.39 is 22.5 Å². The van der Waals surface area contributed by atoms with Gasteiger partial charge in [0.2, 0.25) is 11.7 Å². The molecular formula is C14H10Cl2F3N5O2S. The van der Waals surface area contributed by atoms with Gasteiger partial charge in [-0.05, 0) is 12.1 Å². The number of nitrogens with zero attached hydrogens (tertiary/aromatic N) is 4. The fourth-order valence-electron chi connectivity index (χ4n) is 2.34. The van der Waals surface area contributed by atoms with Gasteiger partial charge < -0.3 is 10.3 Å². The zero-order chi connectivity index (χ0) is 20.1. The zero-order valence-corrected chi connectivity index (χ0v) is 16.0. The predicted molar refractivity (Wildman–Crippen MR) is 93.4 cm³/mol. The summed E-state index contributed by atoms with van der Waals surface area (Å²) in [6.45, 7) is 1.54. The first-order chi connectivity index (χ1) is 12.5. The Balaban J connectivity index is 2.26. The SMILES string of the molecule is Cc1nc(-c2nn(-c3c(Cl)cc(C(F)(F)F)cc3Cl)c(N)c2S(C)=O)no1. The molecular weight excluding hydrogens is 430 g/mol. The molecule has 3 aromatic rings. The van der Waals surface area contributed by atoms with Crippen LogP contribution in [-0.2, 0) is 17.0 Å². The van der Waals surface area contributed by atoms with Crippen LogP contribution in [0.4, 0.5) is 19.0 Å². The Morgan fingerprint density at radius 1 is 1.26 bits per heavy atom. The molecule has 2 N–H and O–H groups in total. The Morgan fingerprint density at radius 2 is 1.85 bits per heavy atom. The number of aryl methyl sites for hydroxylation is 1. The van der Waals surface area contributed by atoms with Crippen LogP contribution in [0.25, 0.3) is 17.2 Å². The van der Waals surface area contributed by atoms with Gasteiger partial charge in [0, 0.05) is 13.2 Å². The van der Waals surface area contributed by atoms with Crippen LogP contribution in [0.5, 0.6) is 0 Å². The molecule has 0 saturated heterocycles. The Kier molecular flexibility index (Phi) is 4.95. The normalized spacial score (nSPS) is 13.1. The third-order valence-corrected chi connectivity index (χ3v) is 5.01. The summed E-state index contributed by atoms with van der Waals surface area (Å²) in [4.78, 5) is 4.08. The van der Waals surface area contributed by atoms with Crippen LogP contribution in [0.15, 0.2) is 21.6 Å². The minimum absolute atomic E-state index is 0.0160. The number of nitrogens with two attached hydrogens (primary N) is 1. The van der Waals surface area contributed by atoms with Crippen LogP contribution in [0.3, 0.4) is 0 Å². The lowest BCUT2D eigenvalue weighted by molar-refractivity contribution is -0.137. The first kappa shape index (κ1) is 19.6. The number of hydrogen-bond acceptors (Lipinski definition) is 6. The van der Waals surface area contributed by atoms with E-state index in [4.69, 9.17) is 33.5 Å². The van der Waals surface area contributed by atoms with E-state index in [1.807, 2.05) is 0 Å². The molecule has 0 bridgehead atoms. The van der Waals surface area contributed by atoms with Crippen LogP contribution in [0.2, 0.25) is 10.0 Å². The third kappa shape index (κ3) is 3.54. The fraction of sp³-hybridized carbons (Fsp3) is 0.214. The van der Waals surface area contributed by atoms with Gasteiger partial charge in [-0.2, -0.15) is 23.3 Å². The van der Waals surface area contributed by atoms with Gasteiger partial charge >= 0.3 is 6.18 Å². The van der Waals surface area contributed by atoms with Gasteiger partial charge in [-0.3, -0.25) is 4.21 Å². The summed E-state index contributed by atoms with van der Waals surface area (Å²) in [5, 5.41) is 7.18. The van der Waals surface area contributed by atoms with Crippen molar-refractivity contribution in [1.29, 1.82) is 0 Å².